The van der Waals surface area contributed by atoms with E-state index in [1.807, 2.05) is 0 Å². The van der Waals surface area contributed by atoms with E-state index < -0.39 is 12.2 Å². The molecule has 1 aromatic carbocycles. The van der Waals surface area contributed by atoms with Crippen molar-refractivity contribution >= 4 is 23.2 Å². The van der Waals surface area contributed by atoms with Crippen LogP contribution in [0, 0.1) is 0 Å². The quantitative estimate of drug-likeness (QED) is 0.712. The number of hydrogen-bond donors (Lipinski definition) is 3. The second-order valence-corrected chi connectivity index (χ2v) is 4.29. The summed E-state index contributed by atoms with van der Waals surface area (Å²) >= 11 is 11.4. The van der Waals surface area contributed by atoms with Crippen molar-refractivity contribution in [1.29, 1.82) is 0 Å². The third-order valence-electron chi connectivity index (χ3n) is 2.33. The number of aliphatic hydroxyl groups excluding tert-OH is 3. The molecule has 0 saturated heterocycles. The molecule has 0 heterocycles. The molecule has 0 aromatic heterocycles. The fourth-order valence-electron chi connectivity index (χ4n) is 1.40. The molecule has 0 aliphatic rings. The molecule has 0 radical (unpaired) electrons. The standard InChI is InChI=1S/C11H14Cl2O3/c12-4-3-10(15)11(16)8-5-7(6-14)1-2-9(8)13/h1-2,5,10-11,14-16H,3-4,6H2. The van der Waals surface area contributed by atoms with E-state index in [0.717, 1.165) is 0 Å². The van der Waals surface area contributed by atoms with E-state index in [-0.39, 0.29) is 18.9 Å². The van der Waals surface area contributed by atoms with Crippen LogP contribution in [0.2, 0.25) is 5.02 Å². The van der Waals surface area contributed by atoms with Crippen molar-refractivity contribution in [3.63, 3.8) is 0 Å². The third kappa shape index (κ3) is 3.34. The van der Waals surface area contributed by atoms with Gasteiger partial charge in [0, 0.05) is 16.5 Å². The lowest BCUT2D eigenvalue weighted by molar-refractivity contribution is 0.0170. The Bertz CT molecular complexity index is 344. The highest BCUT2D eigenvalue weighted by Crippen LogP contribution is 2.27. The van der Waals surface area contributed by atoms with Gasteiger partial charge in [0.2, 0.25) is 0 Å². The first-order valence-corrected chi connectivity index (χ1v) is 5.82. The fraction of sp³-hybridized carbons (Fsp3) is 0.455. The Labute approximate surface area is 104 Å². The molecular weight excluding hydrogens is 251 g/mol. The SMILES string of the molecule is OCc1ccc(Cl)c(C(O)C(O)CCCl)c1. The summed E-state index contributed by atoms with van der Waals surface area (Å²) in [6.45, 7) is -0.136. The Balaban J connectivity index is 2.92. The average molecular weight is 265 g/mol. The Hall–Kier alpha value is -0.320. The van der Waals surface area contributed by atoms with E-state index in [2.05, 4.69) is 0 Å². The maximum absolute atomic E-state index is 9.85. The predicted molar refractivity (Wildman–Crippen MR) is 63.7 cm³/mol. The van der Waals surface area contributed by atoms with Crippen molar-refractivity contribution in [2.45, 2.75) is 25.2 Å². The van der Waals surface area contributed by atoms with Crippen LogP contribution in [-0.2, 0) is 6.61 Å². The van der Waals surface area contributed by atoms with Crippen LogP contribution < -0.4 is 0 Å². The minimum absolute atomic E-state index is 0.136. The minimum Gasteiger partial charge on any atom is -0.392 e. The lowest BCUT2D eigenvalue weighted by Crippen LogP contribution is -2.19. The molecule has 0 amide bonds. The maximum atomic E-state index is 9.85. The van der Waals surface area contributed by atoms with Crippen LogP contribution in [0.4, 0.5) is 0 Å². The highest BCUT2D eigenvalue weighted by molar-refractivity contribution is 6.31. The summed E-state index contributed by atoms with van der Waals surface area (Å²) in [5.74, 6) is 0.259. The smallest absolute Gasteiger partial charge is 0.106 e. The van der Waals surface area contributed by atoms with Crippen LogP contribution in [-0.4, -0.2) is 27.3 Å². The highest BCUT2D eigenvalue weighted by atomic mass is 35.5. The summed E-state index contributed by atoms with van der Waals surface area (Å²) < 4.78 is 0. The fourth-order valence-corrected chi connectivity index (χ4v) is 1.85. The zero-order valence-electron chi connectivity index (χ0n) is 8.61. The van der Waals surface area contributed by atoms with Gasteiger partial charge in [0.1, 0.15) is 6.10 Å². The van der Waals surface area contributed by atoms with Crippen molar-refractivity contribution in [2.75, 3.05) is 5.88 Å². The molecule has 5 heteroatoms. The lowest BCUT2D eigenvalue weighted by Gasteiger charge is -2.18. The van der Waals surface area contributed by atoms with Crippen LogP contribution in [0.1, 0.15) is 23.7 Å². The second-order valence-electron chi connectivity index (χ2n) is 3.50. The van der Waals surface area contributed by atoms with E-state index in [1.54, 1.807) is 18.2 Å². The van der Waals surface area contributed by atoms with Crippen molar-refractivity contribution < 1.29 is 15.3 Å². The summed E-state index contributed by atoms with van der Waals surface area (Å²) in [6.07, 6.45) is -1.76. The first kappa shape index (κ1) is 13.7. The van der Waals surface area contributed by atoms with Gasteiger partial charge in [0.15, 0.2) is 0 Å². The first-order valence-electron chi connectivity index (χ1n) is 4.91. The molecule has 1 rings (SSSR count). The molecule has 90 valence electrons. The number of aliphatic hydroxyl groups is 3. The molecule has 2 unspecified atom stereocenters. The summed E-state index contributed by atoms with van der Waals surface area (Å²) in [7, 11) is 0. The van der Waals surface area contributed by atoms with Crippen molar-refractivity contribution in [1.82, 2.24) is 0 Å². The Morgan fingerprint density at radius 3 is 2.50 bits per heavy atom. The molecule has 2 atom stereocenters. The van der Waals surface area contributed by atoms with Crippen molar-refractivity contribution in [3.8, 4) is 0 Å². The van der Waals surface area contributed by atoms with Gasteiger partial charge < -0.3 is 15.3 Å². The average Bonchev–Trinajstić information content (AvgIpc) is 2.29. The molecule has 0 aliphatic carbocycles. The second kappa shape index (κ2) is 6.42. The zero-order chi connectivity index (χ0) is 12.1. The van der Waals surface area contributed by atoms with Crippen molar-refractivity contribution in [2.24, 2.45) is 0 Å². The number of halogens is 2. The maximum Gasteiger partial charge on any atom is 0.106 e. The van der Waals surface area contributed by atoms with Crippen LogP contribution >= 0.6 is 23.2 Å². The summed E-state index contributed by atoms with van der Waals surface area (Å²) in [5, 5.41) is 28.8. The molecular formula is C11H14Cl2O3. The predicted octanol–water partition coefficient (Wildman–Crippen LogP) is 1.86. The monoisotopic (exact) mass is 264 g/mol. The van der Waals surface area contributed by atoms with Gasteiger partial charge in [0.25, 0.3) is 0 Å². The number of rotatable bonds is 5. The van der Waals surface area contributed by atoms with Gasteiger partial charge in [-0.2, -0.15) is 0 Å². The Morgan fingerprint density at radius 1 is 1.25 bits per heavy atom. The number of benzene rings is 1. The molecule has 16 heavy (non-hydrogen) atoms. The van der Waals surface area contributed by atoms with E-state index >= 15 is 0 Å². The topological polar surface area (TPSA) is 60.7 Å². The first-order chi connectivity index (χ1) is 7.60. The van der Waals surface area contributed by atoms with Gasteiger partial charge in [-0.3, -0.25) is 0 Å². The van der Waals surface area contributed by atoms with Crippen molar-refractivity contribution in [3.05, 3.63) is 34.3 Å². The van der Waals surface area contributed by atoms with E-state index in [9.17, 15) is 10.2 Å². The van der Waals surface area contributed by atoms with Crippen LogP contribution in [0.3, 0.4) is 0 Å². The van der Waals surface area contributed by atoms with Crippen LogP contribution in [0.5, 0.6) is 0 Å². The van der Waals surface area contributed by atoms with Gasteiger partial charge >= 0.3 is 0 Å². The van der Waals surface area contributed by atoms with Crippen LogP contribution in [0.25, 0.3) is 0 Å². The Kier molecular flexibility index (Phi) is 5.52. The molecule has 0 spiro atoms. The molecule has 0 bridgehead atoms. The molecule has 0 saturated carbocycles. The molecule has 0 aliphatic heterocycles. The van der Waals surface area contributed by atoms with Gasteiger partial charge in [-0.15, -0.1) is 11.6 Å². The van der Waals surface area contributed by atoms with E-state index in [1.165, 1.54) is 0 Å². The van der Waals surface area contributed by atoms with Gasteiger partial charge in [-0.05, 0) is 24.1 Å². The van der Waals surface area contributed by atoms with E-state index in [4.69, 9.17) is 28.3 Å². The zero-order valence-corrected chi connectivity index (χ0v) is 10.1. The highest BCUT2D eigenvalue weighted by Gasteiger charge is 2.20. The minimum atomic E-state index is -1.09. The lowest BCUT2D eigenvalue weighted by atomic mass is 10.0. The Morgan fingerprint density at radius 2 is 1.94 bits per heavy atom. The normalized spacial score (nSPS) is 14.8. The van der Waals surface area contributed by atoms with E-state index in [0.29, 0.717) is 16.1 Å². The molecule has 1 aromatic rings. The van der Waals surface area contributed by atoms with Gasteiger partial charge in [-0.25, -0.2) is 0 Å². The van der Waals surface area contributed by atoms with Gasteiger partial charge in [-0.1, -0.05) is 17.7 Å². The third-order valence-corrected chi connectivity index (χ3v) is 2.89. The largest absolute Gasteiger partial charge is 0.392 e. The van der Waals surface area contributed by atoms with Gasteiger partial charge in [0.05, 0.1) is 12.7 Å². The number of alkyl halides is 1. The number of hydrogen-bond acceptors (Lipinski definition) is 3. The summed E-state index contributed by atoms with van der Waals surface area (Å²) in [4.78, 5) is 0. The van der Waals surface area contributed by atoms with Crippen LogP contribution in [0.15, 0.2) is 18.2 Å². The summed E-state index contributed by atoms with van der Waals surface area (Å²) in [6, 6.07) is 4.82. The molecule has 3 N–H and O–H groups in total. The molecule has 3 nitrogen and oxygen atoms in total. The molecule has 0 fully saturated rings. The summed E-state index contributed by atoms with van der Waals surface area (Å²) in [5.41, 5.74) is 1.04.